The second-order valence-corrected chi connectivity index (χ2v) is 7.13. The van der Waals surface area contributed by atoms with Crippen molar-refractivity contribution in [1.29, 1.82) is 5.26 Å². The van der Waals surface area contributed by atoms with Gasteiger partial charge in [-0.05, 0) is 74.1 Å². The largest absolute Gasteiger partial charge is 0.508 e. The molecule has 0 saturated carbocycles. The zero-order valence-corrected chi connectivity index (χ0v) is 16.9. The number of ether oxygens (including phenoxy) is 1. The van der Waals surface area contributed by atoms with Gasteiger partial charge >= 0.3 is 0 Å². The van der Waals surface area contributed by atoms with Gasteiger partial charge in [0.25, 0.3) is 0 Å². The number of rotatable bonds is 9. The first-order valence-corrected chi connectivity index (χ1v) is 9.63. The lowest BCUT2D eigenvalue weighted by atomic mass is 10.0. The number of halogens is 1. The van der Waals surface area contributed by atoms with Gasteiger partial charge in [0.2, 0.25) is 5.91 Å². The standard InChI is InChI=1S/C22H25ClN2O3/c1-15-12-20(13-16(2)21(15)23)28-11-3-4-18(14-24)22(27)25-10-9-17-5-7-19(26)8-6-17/h5-8,12-13,18,26H,3-4,9-11H2,1-2H3,(H,25,27). The van der Waals surface area contributed by atoms with Crippen LogP contribution in [0.5, 0.6) is 11.5 Å². The van der Waals surface area contributed by atoms with E-state index in [1.807, 2.05) is 26.0 Å². The highest BCUT2D eigenvalue weighted by Crippen LogP contribution is 2.26. The van der Waals surface area contributed by atoms with E-state index in [4.69, 9.17) is 16.3 Å². The summed E-state index contributed by atoms with van der Waals surface area (Å²) in [7, 11) is 0. The summed E-state index contributed by atoms with van der Waals surface area (Å²) >= 11 is 6.15. The molecule has 28 heavy (non-hydrogen) atoms. The third kappa shape index (κ3) is 6.47. The maximum atomic E-state index is 12.2. The molecule has 0 bridgehead atoms. The van der Waals surface area contributed by atoms with Crippen molar-refractivity contribution in [3.8, 4) is 17.6 Å². The predicted molar refractivity (Wildman–Crippen MR) is 110 cm³/mol. The van der Waals surface area contributed by atoms with E-state index in [9.17, 15) is 15.2 Å². The van der Waals surface area contributed by atoms with E-state index >= 15 is 0 Å². The van der Waals surface area contributed by atoms with Crippen molar-refractivity contribution in [2.45, 2.75) is 33.1 Å². The molecule has 2 aromatic rings. The van der Waals surface area contributed by atoms with Gasteiger partial charge in [0.05, 0.1) is 12.7 Å². The quantitative estimate of drug-likeness (QED) is 0.614. The van der Waals surface area contributed by atoms with Gasteiger partial charge in [-0.2, -0.15) is 5.26 Å². The number of carbonyl (C=O) groups is 1. The number of hydrogen-bond donors (Lipinski definition) is 2. The minimum absolute atomic E-state index is 0.212. The van der Waals surface area contributed by atoms with E-state index in [1.54, 1.807) is 24.3 Å². The monoisotopic (exact) mass is 400 g/mol. The van der Waals surface area contributed by atoms with Gasteiger partial charge in [-0.1, -0.05) is 23.7 Å². The van der Waals surface area contributed by atoms with E-state index < -0.39 is 5.92 Å². The molecule has 5 nitrogen and oxygen atoms in total. The molecule has 0 radical (unpaired) electrons. The van der Waals surface area contributed by atoms with E-state index in [2.05, 4.69) is 11.4 Å². The summed E-state index contributed by atoms with van der Waals surface area (Å²) in [5, 5.41) is 22.1. The average Bonchev–Trinajstić information content (AvgIpc) is 2.67. The van der Waals surface area contributed by atoms with Crippen LogP contribution in [0.4, 0.5) is 0 Å². The van der Waals surface area contributed by atoms with E-state index in [0.717, 1.165) is 27.5 Å². The molecule has 0 aromatic heterocycles. The van der Waals surface area contributed by atoms with Crippen LogP contribution in [-0.2, 0) is 11.2 Å². The number of nitrogens with zero attached hydrogens (tertiary/aromatic N) is 1. The molecule has 2 rings (SSSR count). The van der Waals surface area contributed by atoms with Crippen LogP contribution in [0.3, 0.4) is 0 Å². The van der Waals surface area contributed by atoms with Crippen molar-refractivity contribution in [2.75, 3.05) is 13.2 Å². The van der Waals surface area contributed by atoms with Gasteiger partial charge in [-0.3, -0.25) is 4.79 Å². The van der Waals surface area contributed by atoms with Gasteiger partial charge in [-0.25, -0.2) is 0 Å². The molecular formula is C22H25ClN2O3. The van der Waals surface area contributed by atoms with Crippen LogP contribution in [0.25, 0.3) is 0 Å². The number of carbonyl (C=O) groups excluding carboxylic acids is 1. The highest BCUT2D eigenvalue weighted by atomic mass is 35.5. The molecule has 0 saturated heterocycles. The number of hydrogen-bond acceptors (Lipinski definition) is 4. The van der Waals surface area contributed by atoms with Crippen LogP contribution in [0.2, 0.25) is 5.02 Å². The second kappa shape index (κ2) is 10.6. The molecule has 2 aromatic carbocycles. The number of nitrogens with one attached hydrogen (secondary N) is 1. The van der Waals surface area contributed by atoms with E-state index in [1.165, 1.54) is 0 Å². The van der Waals surface area contributed by atoms with Gasteiger partial charge in [0.1, 0.15) is 17.4 Å². The van der Waals surface area contributed by atoms with Crippen molar-refractivity contribution in [3.63, 3.8) is 0 Å². The van der Waals surface area contributed by atoms with E-state index in [0.29, 0.717) is 32.4 Å². The molecule has 0 spiro atoms. The lowest BCUT2D eigenvalue weighted by Gasteiger charge is -2.12. The summed E-state index contributed by atoms with van der Waals surface area (Å²) in [6.07, 6.45) is 1.68. The lowest BCUT2D eigenvalue weighted by molar-refractivity contribution is -0.123. The molecule has 0 fully saturated rings. The van der Waals surface area contributed by atoms with Gasteiger partial charge in [0, 0.05) is 11.6 Å². The van der Waals surface area contributed by atoms with Gasteiger partial charge < -0.3 is 15.2 Å². The first-order valence-electron chi connectivity index (χ1n) is 9.25. The smallest absolute Gasteiger partial charge is 0.237 e. The summed E-state index contributed by atoms with van der Waals surface area (Å²) in [6.45, 7) is 4.73. The Morgan fingerprint density at radius 3 is 2.50 bits per heavy atom. The Kier molecular flexibility index (Phi) is 8.16. The zero-order chi connectivity index (χ0) is 20.5. The molecule has 1 unspecified atom stereocenters. The second-order valence-electron chi connectivity index (χ2n) is 6.75. The van der Waals surface area contributed by atoms with Crippen LogP contribution in [0, 0.1) is 31.1 Å². The number of amides is 1. The van der Waals surface area contributed by atoms with Crippen molar-refractivity contribution in [3.05, 3.63) is 58.1 Å². The third-order valence-corrected chi connectivity index (χ3v) is 5.03. The zero-order valence-electron chi connectivity index (χ0n) is 16.2. The summed E-state index contributed by atoms with van der Waals surface area (Å²) in [5.74, 6) is -0.00806. The average molecular weight is 401 g/mol. The molecule has 0 aliphatic heterocycles. The normalized spacial score (nSPS) is 11.5. The number of aromatic hydroxyl groups is 1. The Bertz CT molecular complexity index is 821. The third-order valence-electron chi connectivity index (χ3n) is 4.44. The fourth-order valence-electron chi connectivity index (χ4n) is 2.84. The predicted octanol–water partition coefficient (Wildman–Crippen LogP) is 4.32. The number of nitriles is 1. The number of benzene rings is 2. The van der Waals surface area contributed by atoms with Crippen LogP contribution in [0.15, 0.2) is 36.4 Å². The minimum atomic E-state index is -0.697. The van der Waals surface area contributed by atoms with Crippen molar-refractivity contribution in [1.82, 2.24) is 5.32 Å². The summed E-state index contributed by atoms with van der Waals surface area (Å²) < 4.78 is 5.73. The molecule has 148 valence electrons. The SMILES string of the molecule is Cc1cc(OCCCC(C#N)C(=O)NCCc2ccc(O)cc2)cc(C)c1Cl. The Morgan fingerprint density at radius 2 is 1.89 bits per heavy atom. The number of aryl methyl sites for hydroxylation is 2. The lowest BCUT2D eigenvalue weighted by Crippen LogP contribution is -2.31. The molecule has 0 aliphatic rings. The Balaban J connectivity index is 1.72. The number of phenols is 1. The fourth-order valence-corrected chi connectivity index (χ4v) is 2.95. The van der Waals surface area contributed by atoms with Gasteiger partial charge in [-0.15, -0.1) is 0 Å². The Hall–Kier alpha value is -2.71. The highest BCUT2D eigenvalue weighted by Gasteiger charge is 2.17. The summed E-state index contributed by atoms with van der Waals surface area (Å²) in [6, 6.07) is 12.7. The first kappa shape index (κ1) is 21.6. The molecule has 6 heteroatoms. The van der Waals surface area contributed by atoms with Crippen LogP contribution >= 0.6 is 11.6 Å². The van der Waals surface area contributed by atoms with Crippen molar-refractivity contribution < 1.29 is 14.6 Å². The first-order chi connectivity index (χ1) is 13.4. The van der Waals surface area contributed by atoms with Crippen LogP contribution < -0.4 is 10.1 Å². The molecule has 0 heterocycles. The summed E-state index contributed by atoms with van der Waals surface area (Å²) in [4.78, 5) is 12.2. The van der Waals surface area contributed by atoms with Crippen LogP contribution in [-0.4, -0.2) is 24.2 Å². The minimum Gasteiger partial charge on any atom is -0.508 e. The van der Waals surface area contributed by atoms with Crippen LogP contribution in [0.1, 0.15) is 29.5 Å². The molecular weight excluding hydrogens is 376 g/mol. The van der Waals surface area contributed by atoms with Crippen molar-refractivity contribution >= 4 is 17.5 Å². The molecule has 2 N–H and O–H groups in total. The maximum absolute atomic E-state index is 12.2. The maximum Gasteiger partial charge on any atom is 0.237 e. The van der Waals surface area contributed by atoms with E-state index in [-0.39, 0.29) is 11.7 Å². The van der Waals surface area contributed by atoms with Crippen molar-refractivity contribution in [2.24, 2.45) is 5.92 Å². The molecule has 1 amide bonds. The number of phenolic OH excluding ortho intramolecular Hbond substituents is 1. The topological polar surface area (TPSA) is 82.3 Å². The summed E-state index contributed by atoms with van der Waals surface area (Å²) in [5.41, 5.74) is 2.92. The fraction of sp³-hybridized carbons (Fsp3) is 0.364. The molecule has 0 aliphatic carbocycles. The highest BCUT2D eigenvalue weighted by molar-refractivity contribution is 6.32. The Labute approximate surface area is 170 Å². The molecule has 1 atom stereocenters. The Morgan fingerprint density at radius 1 is 1.25 bits per heavy atom. The van der Waals surface area contributed by atoms with Gasteiger partial charge in [0.15, 0.2) is 0 Å².